The Hall–Kier alpha value is -3.72. The number of amides is 2. The lowest BCUT2D eigenvalue weighted by Gasteiger charge is -2.30. The fraction of sp³-hybridized carbons (Fsp3) is 0.393. The number of nitrogens with zero attached hydrogens (tertiary/aromatic N) is 4. The number of hydrogen-bond donors (Lipinski definition) is 3. The average Bonchev–Trinajstić information content (AvgIpc) is 3.30. The average molecular weight is 504 g/mol. The Morgan fingerprint density at radius 3 is 2.54 bits per heavy atom. The second-order valence-corrected chi connectivity index (χ2v) is 10.8. The maximum absolute atomic E-state index is 14.7. The molecule has 2 amide bonds. The molecule has 5 rings (SSSR count). The third kappa shape index (κ3) is 5.67. The third-order valence-electron chi connectivity index (χ3n) is 6.74. The molecule has 0 atom stereocenters. The molecule has 194 valence electrons. The molecule has 0 fully saturated rings. The van der Waals surface area contributed by atoms with Crippen molar-refractivity contribution in [1.29, 1.82) is 0 Å². The zero-order valence-electron chi connectivity index (χ0n) is 21.9. The van der Waals surface area contributed by atoms with Crippen molar-refractivity contribution >= 4 is 39.7 Å². The van der Waals surface area contributed by atoms with Crippen LogP contribution in [0.5, 0.6) is 0 Å². The summed E-state index contributed by atoms with van der Waals surface area (Å²) in [5.41, 5.74) is 5.00. The lowest BCUT2D eigenvalue weighted by Crippen LogP contribution is -2.49. The molecule has 9 heteroatoms. The highest BCUT2D eigenvalue weighted by Gasteiger charge is 2.23. The van der Waals surface area contributed by atoms with Gasteiger partial charge in [-0.25, -0.2) is 19.2 Å². The summed E-state index contributed by atoms with van der Waals surface area (Å²) in [6.07, 6.45) is 7.26. The van der Waals surface area contributed by atoms with Crippen LogP contribution in [0, 0.1) is 5.82 Å². The van der Waals surface area contributed by atoms with Crippen LogP contribution in [0.4, 0.5) is 20.7 Å². The number of H-pyrrole nitrogens is 1. The smallest absolute Gasteiger partial charge is 0.318 e. The van der Waals surface area contributed by atoms with Gasteiger partial charge in [0.2, 0.25) is 0 Å². The van der Waals surface area contributed by atoms with Gasteiger partial charge in [0.05, 0.1) is 5.39 Å². The van der Waals surface area contributed by atoms with E-state index in [0.29, 0.717) is 24.5 Å². The predicted octanol–water partition coefficient (Wildman–Crippen LogP) is 5.16. The van der Waals surface area contributed by atoms with E-state index in [-0.39, 0.29) is 17.4 Å². The zero-order valence-corrected chi connectivity index (χ0v) is 21.9. The van der Waals surface area contributed by atoms with Crippen LogP contribution in [0.15, 0.2) is 42.7 Å². The Morgan fingerprint density at radius 2 is 1.84 bits per heavy atom. The number of anilines is 2. The molecule has 0 spiro atoms. The number of fused-ring (bicyclic) bond motifs is 1. The first-order valence-corrected chi connectivity index (χ1v) is 12.7. The van der Waals surface area contributed by atoms with Crippen LogP contribution in [-0.4, -0.2) is 69.5 Å². The van der Waals surface area contributed by atoms with Crippen molar-refractivity contribution in [2.24, 2.45) is 0 Å². The molecule has 0 saturated carbocycles. The van der Waals surface area contributed by atoms with Crippen LogP contribution < -0.4 is 10.6 Å². The Labute approximate surface area is 216 Å². The highest BCUT2D eigenvalue weighted by Crippen LogP contribution is 2.31. The van der Waals surface area contributed by atoms with Gasteiger partial charge in [-0.3, -0.25) is 0 Å². The molecular weight excluding hydrogens is 469 g/mol. The van der Waals surface area contributed by atoms with E-state index in [9.17, 15) is 9.18 Å². The van der Waals surface area contributed by atoms with Gasteiger partial charge < -0.3 is 25.4 Å². The van der Waals surface area contributed by atoms with E-state index < -0.39 is 0 Å². The number of hydrogen-bond acceptors (Lipinski definition) is 5. The molecule has 0 saturated heterocycles. The number of nitrogens with one attached hydrogen (secondary N) is 3. The van der Waals surface area contributed by atoms with Crippen LogP contribution in [0.3, 0.4) is 0 Å². The quantitative estimate of drug-likeness (QED) is 0.458. The van der Waals surface area contributed by atoms with Crippen molar-refractivity contribution in [3.05, 3.63) is 59.8 Å². The summed E-state index contributed by atoms with van der Waals surface area (Å²) in [4.78, 5) is 28.8. The minimum Gasteiger partial charge on any atom is -0.340 e. The minimum absolute atomic E-state index is 0.0496. The summed E-state index contributed by atoms with van der Waals surface area (Å²) < 4.78 is 14.7. The number of benzene rings is 1. The number of urea groups is 1. The zero-order chi connectivity index (χ0) is 26.2. The Balaban J connectivity index is 1.35. The number of rotatable bonds is 4. The van der Waals surface area contributed by atoms with Crippen molar-refractivity contribution in [2.75, 3.05) is 38.5 Å². The molecule has 0 aliphatic carbocycles. The molecule has 3 N–H and O–H groups in total. The molecule has 0 unspecified atom stereocenters. The third-order valence-corrected chi connectivity index (χ3v) is 6.74. The Morgan fingerprint density at radius 1 is 1.05 bits per heavy atom. The van der Waals surface area contributed by atoms with Gasteiger partial charge in [-0.1, -0.05) is 12.2 Å². The summed E-state index contributed by atoms with van der Waals surface area (Å²) in [6, 6.07) is 7.09. The fourth-order valence-corrected chi connectivity index (χ4v) is 4.71. The van der Waals surface area contributed by atoms with Crippen LogP contribution >= 0.6 is 0 Å². The lowest BCUT2D eigenvalue weighted by atomic mass is 9.98. The van der Waals surface area contributed by atoms with E-state index in [1.165, 1.54) is 12.4 Å². The van der Waals surface area contributed by atoms with Gasteiger partial charge in [-0.05, 0) is 76.1 Å². The first-order chi connectivity index (χ1) is 17.7. The van der Waals surface area contributed by atoms with Crippen LogP contribution in [0.25, 0.3) is 22.2 Å². The number of aromatic nitrogens is 3. The SMILES string of the molecule is CN1CC=C(c2cc(Nc3ncnc4[nH]c(C5=CCN(C(=O)NC(C)(C)C)CC5)cc34)ccc2F)CC1. The Kier molecular flexibility index (Phi) is 6.72. The van der Waals surface area contributed by atoms with Crippen molar-refractivity contribution < 1.29 is 9.18 Å². The molecule has 2 aliphatic heterocycles. The number of aromatic amines is 1. The largest absolute Gasteiger partial charge is 0.340 e. The van der Waals surface area contributed by atoms with E-state index in [4.69, 9.17) is 0 Å². The molecule has 3 aromatic rings. The molecule has 1 aromatic carbocycles. The molecule has 0 bridgehead atoms. The van der Waals surface area contributed by atoms with Gasteiger partial charge >= 0.3 is 6.03 Å². The maximum atomic E-state index is 14.7. The van der Waals surface area contributed by atoms with Crippen LogP contribution in [0.2, 0.25) is 0 Å². The van der Waals surface area contributed by atoms with Gasteiger partial charge in [0.15, 0.2) is 0 Å². The van der Waals surface area contributed by atoms with Crippen molar-refractivity contribution in [3.8, 4) is 0 Å². The molecule has 4 heterocycles. The van der Waals surface area contributed by atoms with E-state index >= 15 is 0 Å². The molecule has 8 nitrogen and oxygen atoms in total. The number of halogens is 1. The Bertz CT molecular complexity index is 1380. The highest BCUT2D eigenvalue weighted by molar-refractivity contribution is 5.92. The van der Waals surface area contributed by atoms with Gasteiger partial charge in [0, 0.05) is 48.7 Å². The molecular formula is C28H34FN7O. The van der Waals surface area contributed by atoms with Crippen LogP contribution in [-0.2, 0) is 0 Å². The normalized spacial score (nSPS) is 16.9. The van der Waals surface area contributed by atoms with Crippen molar-refractivity contribution in [2.45, 2.75) is 39.2 Å². The molecule has 37 heavy (non-hydrogen) atoms. The van der Waals surface area contributed by atoms with E-state index in [0.717, 1.165) is 59.5 Å². The second kappa shape index (κ2) is 9.97. The highest BCUT2D eigenvalue weighted by atomic mass is 19.1. The van der Waals surface area contributed by atoms with Gasteiger partial charge in [-0.15, -0.1) is 0 Å². The molecule has 2 aromatic heterocycles. The fourth-order valence-electron chi connectivity index (χ4n) is 4.71. The second-order valence-electron chi connectivity index (χ2n) is 10.8. The number of carbonyl (C=O) groups excluding carboxylic acids is 1. The summed E-state index contributed by atoms with van der Waals surface area (Å²) >= 11 is 0. The molecule has 0 radical (unpaired) electrons. The van der Waals surface area contributed by atoms with Crippen LogP contribution in [0.1, 0.15) is 44.9 Å². The van der Waals surface area contributed by atoms with Crippen molar-refractivity contribution in [1.82, 2.24) is 30.1 Å². The van der Waals surface area contributed by atoms with Gasteiger partial charge in [-0.2, -0.15) is 0 Å². The topological polar surface area (TPSA) is 89.2 Å². The van der Waals surface area contributed by atoms with E-state index in [1.54, 1.807) is 6.07 Å². The predicted molar refractivity (Wildman–Crippen MR) is 146 cm³/mol. The minimum atomic E-state index is -0.268. The first-order valence-electron chi connectivity index (χ1n) is 12.7. The number of likely N-dealkylation sites (N-methyl/N-ethyl adjacent to an activating group) is 1. The standard InChI is InChI=1S/C28H34FN7O/c1-28(2,3)34-27(37)36-13-9-19(10-14-36)24-16-22-25(30-17-31-26(22)33-24)32-20-5-6-23(29)21(15-20)18-7-11-35(4)12-8-18/h5-7,9,15-17H,8,10-14H2,1-4H3,(H,34,37)(H2,30,31,32,33). The number of carbonyl (C=O) groups is 1. The van der Waals surface area contributed by atoms with Gasteiger partial charge in [0.25, 0.3) is 0 Å². The van der Waals surface area contributed by atoms with E-state index in [2.05, 4.69) is 49.7 Å². The monoisotopic (exact) mass is 503 g/mol. The van der Waals surface area contributed by atoms with Crippen molar-refractivity contribution in [3.63, 3.8) is 0 Å². The summed E-state index contributed by atoms with van der Waals surface area (Å²) in [5.74, 6) is 0.442. The van der Waals surface area contributed by atoms with Gasteiger partial charge in [0.1, 0.15) is 23.6 Å². The summed E-state index contributed by atoms with van der Waals surface area (Å²) in [7, 11) is 2.07. The van der Waals surface area contributed by atoms with E-state index in [1.807, 2.05) is 37.8 Å². The summed E-state index contributed by atoms with van der Waals surface area (Å²) in [5, 5.41) is 7.24. The maximum Gasteiger partial charge on any atom is 0.318 e. The summed E-state index contributed by atoms with van der Waals surface area (Å²) in [6.45, 7) is 8.86. The lowest BCUT2D eigenvalue weighted by molar-refractivity contribution is 0.193. The first kappa shape index (κ1) is 25.0. The molecule has 2 aliphatic rings.